The van der Waals surface area contributed by atoms with Gasteiger partial charge in [0, 0.05) is 29.4 Å². The number of hydrogen-bond donors (Lipinski definition) is 1. The van der Waals surface area contributed by atoms with E-state index in [4.69, 9.17) is 0 Å². The van der Waals surface area contributed by atoms with E-state index in [1.165, 1.54) is 24.0 Å². The average Bonchev–Trinajstić information content (AvgIpc) is 3.35. The summed E-state index contributed by atoms with van der Waals surface area (Å²) < 4.78 is 95.5. The van der Waals surface area contributed by atoms with E-state index in [-0.39, 0.29) is 24.2 Å². The summed E-state index contributed by atoms with van der Waals surface area (Å²) >= 11 is 0. The number of rotatable bonds is 7. The van der Waals surface area contributed by atoms with Crippen LogP contribution in [-0.2, 0) is 24.1 Å². The molecule has 0 spiro atoms. The number of amides is 1. The third kappa shape index (κ3) is 4.92. The molecular formula is C21H18F7N5O. The lowest BCUT2D eigenvalue weighted by Crippen LogP contribution is -2.25. The Kier molecular flexibility index (Phi) is 6.13. The van der Waals surface area contributed by atoms with Crippen LogP contribution in [0.15, 0.2) is 24.5 Å². The first kappa shape index (κ1) is 23.8. The lowest BCUT2D eigenvalue weighted by atomic mass is 10.1. The monoisotopic (exact) mass is 489 g/mol. The largest absolute Gasteiger partial charge is 0.435 e. The summed E-state index contributed by atoms with van der Waals surface area (Å²) in [4.78, 5) is 12.6. The molecule has 6 nitrogen and oxygen atoms in total. The summed E-state index contributed by atoms with van der Waals surface area (Å²) in [5.41, 5.74) is -1.20. The molecule has 2 heterocycles. The van der Waals surface area contributed by atoms with Gasteiger partial charge in [0.2, 0.25) is 5.91 Å². The van der Waals surface area contributed by atoms with Crippen molar-refractivity contribution in [3.05, 3.63) is 64.7 Å². The number of carbonyl (C=O) groups is 1. The van der Waals surface area contributed by atoms with Gasteiger partial charge in [-0.15, -0.1) is 0 Å². The van der Waals surface area contributed by atoms with Crippen molar-refractivity contribution in [2.45, 2.75) is 44.9 Å². The van der Waals surface area contributed by atoms with Crippen LogP contribution in [0.25, 0.3) is 0 Å². The van der Waals surface area contributed by atoms with Crippen LogP contribution >= 0.6 is 0 Å². The second-order valence-corrected chi connectivity index (χ2v) is 8.17. The number of carbonyl (C=O) groups excluding carboxylic acids is 1. The highest BCUT2D eigenvalue weighted by Gasteiger charge is 2.38. The minimum atomic E-state index is -4.60. The second kappa shape index (κ2) is 8.76. The van der Waals surface area contributed by atoms with Crippen molar-refractivity contribution >= 4 is 11.6 Å². The van der Waals surface area contributed by atoms with Gasteiger partial charge in [-0.25, -0.2) is 17.6 Å². The smallest absolute Gasteiger partial charge is 0.323 e. The zero-order valence-electron chi connectivity index (χ0n) is 17.6. The zero-order valence-corrected chi connectivity index (χ0v) is 17.6. The molecule has 0 aliphatic heterocycles. The molecule has 0 saturated heterocycles. The number of benzene rings is 1. The fourth-order valence-electron chi connectivity index (χ4n) is 3.46. The van der Waals surface area contributed by atoms with Crippen LogP contribution in [0, 0.1) is 29.2 Å². The van der Waals surface area contributed by atoms with Crippen LogP contribution in [0.3, 0.4) is 0 Å². The summed E-state index contributed by atoms with van der Waals surface area (Å²) in [6, 6.07) is 1.22. The maximum absolute atomic E-state index is 13.9. The van der Waals surface area contributed by atoms with Gasteiger partial charge in [-0.2, -0.15) is 23.4 Å². The van der Waals surface area contributed by atoms with E-state index in [1.807, 2.05) is 0 Å². The minimum Gasteiger partial charge on any atom is -0.323 e. The highest BCUT2D eigenvalue weighted by Crippen LogP contribution is 2.42. The van der Waals surface area contributed by atoms with Crippen molar-refractivity contribution in [1.82, 2.24) is 19.6 Å². The molecule has 1 fully saturated rings. The molecule has 34 heavy (non-hydrogen) atoms. The van der Waals surface area contributed by atoms with E-state index >= 15 is 0 Å². The van der Waals surface area contributed by atoms with E-state index in [0.717, 1.165) is 23.6 Å². The fraction of sp³-hybridized carbons (Fsp3) is 0.381. The van der Waals surface area contributed by atoms with Crippen molar-refractivity contribution < 1.29 is 35.5 Å². The van der Waals surface area contributed by atoms with Gasteiger partial charge in [0.25, 0.3) is 0 Å². The fourth-order valence-corrected chi connectivity index (χ4v) is 3.46. The summed E-state index contributed by atoms with van der Waals surface area (Å²) in [7, 11) is 0. The number of halogens is 7. The van der Waals surface area contributed by atoms with Crippen LogP contribution in [-0.4, -0.2) is 25.5 Å². The second-order valence-electron chi connectivity index (χ2n) is 8.17. The quantitative estimate of drug-likeness (QED) is 0.293. The molecule has 4 rings (SSSR count). The third-order valence-electron chi connectivity index (χ3n) is 5.42. The molecule has 182 valence electrons. The van der Waals surface area contributed by atoms with Crippen molar-refractivity contribution in [2.24, 2.45) is 5.92 Å². The topological polar surface area (TPSA) is 64.7 Å². The summed E-state index contributed by atoms with van der Waals surface area (Å²) in [6.45, 7) is 0.850. The van der Waals surface area contributed by atoms with Gasteiger partial charge < -0.3 is 5.32 Å². The summed E-state index contributed by atoms with van der Waals surface area (Å²) in [5, 5.41) is 9.96. The van der Waals surface area contributed by atoms with Crippen LogP contribution in [0.2, 0.25) is 0 Å². The van der Waals surface area contributed by atoms with Gasteiger partial charge in [0.15, 0.2) is 23.1 Å². The lowest BCUT2D eigenvalue weighted by molar-refractivity contribution is -0.141. The number of aromatic nitrogens is 4. The Morgan fingerprint density at radius 3 is 2.50 bits per heavy atom. The van der Waals surface area contributed by atoms with Crippen LogP contribution in [0.1, 0.15) is 42.6 Å². The SMILES string of the molecule is CC(Cn1nc(C(F)(F)F)cc1C1CC1)C(=O)Nc1cnn(Cc2c(F)cc(F)c(F)c2F)c1. The molecule has 1 aromatic carbocycles. The zero-order chi connectivity index (χ0) is 24.8. The minimum absolute atomic E-state index is 0.0193. The van der Waals surface area contributed by atoms with E-state index in [1.54, 1.807) is 0 Å². The van der Waals surface area contributed by atoms with Gasteiger partial charge in [-0.05, 0) is 18.9 Å². The number of anilines is 1. The maximum Gasteiger partial charge on any atom is 0.435 e. The molecule has 3 aromatic rings. The first-order valence-electron chi connectivity index (χ1n) is 10.2. The summed E-state index contributed by atoms with van der Waals surface area (Å²) in [5.74, 6) is -7.80. The Balaban J connectivity index is 1.43. The Hall–Kier alpha value is -3.38. The Bertz CT molecular complexity index is 1230. The van der Waals surface area contributed by atoms with Gasteiger partial charge in [0.05, 0.1) is 30.9 Å². The highest BCUT2D eigenvalue weighted by molar-refractivity contribution is 5.92. The number of alkyl halides is 3. The van der Waals surface area contributed by atoms with Crippen LogP contribution in [0.4, 0.5) is 36.4 Å². The van der Waals surface area contributed by atoms with E-state index in [0.29, 0.717) is 5.69 Å². The van der Waals surface area contributed by atoms with Crippen LogP contribution < -0.4 is 5.32 Å². The third-order valence-corrected chi connectivity index (χ3v) is 5.42. The molecule has 1 aliphatic carbocycles. The van der Waals surface area contributed by atoms with Crippen molar-refractivity contribution in [3.8, 4) is 0 Å². The molecule has 1 aliphatic rings. The van der Waals surface area contributed by atoms with Gasteiger partial charge in [0.1, 0.15) is 5.82 Å². The lowest BCUT2D eigenvalue weighted by Gasteiger charge is -2.13. The predicted octanol–water partition coefficient (Wildman–Crippen LogP) is 4.86. The Labute approximate surface area is 188 Å². The van der Waals surface area contributed by atoms with E-state index < -0.39 is 59.1 Å². The normalized spacial score (nSPS) is 14.9. The number of nitrogens with one attached hydrogen (secondary N) is 1. The number of nitrogens with zero attached hydrogens (tertiary/aromatic N) is 4. The van der Waals surface area contributed by atoms with Gasteiger partial charge in [-0.3, -0.25) is 14.2 Å². The molecule has 0 bridgehead atoms. The maximum atomic E-state index is 13.9. The van der Waals surface area contributed by atoms with Gasteiger partial charge >= 0.3 is 6.18 Å². The molecule has 13 heteroatoms. The van der Waals surface area contributed by atoms with E-state index in [2.05, 4.69) is 15.5 Å². The molecule has 1 amide bonds. The molecule has 1 unspecified atom stereocenters. The molecule has 1 saturated carbocycles. The summed E-state index contributed by atoms with van der Waals surface area (Å²) in [6.07, 6.45) is -0.702. The predicted molar refractivity (Wildman–Crippen MR) is 105 cm³/mol. The standard InChI is InChI=1S/C21H18F7N5O/c1-10(7-33-16(11-2-3-11)5-17(31-33)21(26,27)28)20(34)30-12-6-29-32(8-12)9-13-14(22)4-15(23)19(25)18(13)24/h4-6,8,10-11H,2-3,7,9H2,1H3,(H,30,34). The Morgan fingerprint density at radius 1 is 1.15 bits per heavy atom. The molecule has 0 radical (unpaired) electrons. The number of hydrogen-bond acceptors (Lipinski definition) is 3. The van der Waals surface area contributed by atoms with Gasteiger partial charge in [-0.1, -0.05) is 6.92 Å². The van der Waals surface area contributed by atoms with Crippen molar-refractivity contribution in [2.75, 3.05) is 5.32 Å². The first-order chi connectivity index (χ1) is 15.9. The average molecular weight is 489 g/mol. The highest BCUT2D eigenvalue weighted by atomic mass is 19.4. The molecule has 1 atom stereocenters. The first-order valence-corrected chi connectivity index (χ1v) is 10.2. The molecular weight excluding hydrogens is 471 g/mol. The van der Waals surface area contributed by atoms with Crippen LogP contribution in [0.5, 0.6) is 0 Å². The Morgan fingerprint density at radius 2 is 1.85 bits per heavy atom. The van der Waals surface area contributed by atoms with Crippen molar-refractivity contribution in [1.29, 1.82) is 0 Å². The molecule has 2 aromatic heterocycles. The van der Waals surface area contributed by atoms with Crippen molar-refractivity contribution in [3.63, 3.8) is 0 Å². The molecule has 1 N–H and O–H groups in total. The van der Waals surface area contributed by atoms with E-state index in [9.17, 15) is 35.5 Å².